The molecule has 176 valence electrons. The summed E-state index contributed by atoms with van der Waals surface area (Å²) in [5.41, 5.74) is 7.62. The van der Waals surface area contributed by atoms with Crippen molar-refractivity contribution < 1.29 is 19.4 Å². The van der Waals surface area contributed by atoms with E-state index in [0.717, 1.165) is 37.0 Å². The van der Waals surface area contributed by atoms with Crippen LogP contribution in [-0.4, -0.2) is 30.4 Å². The smallest absolute Gasteiger partial charge is 0.333 e. The number of aryl methyl sites for hydroxylation is 2. The Kier molecular flexibility index (Phi) is 8.16. The van der Waals surface area contributed by atoms with Crippen molar-refractivity contribution in [3.8, 4) is 5.75 Å². The molecule has 0 spiro atoms. The lowest BCUT2D eigenvalue weighted by atomic mass is 9.93. The number of carboxylic acid groups (broad SMARTS) is 1. The number of rotatable bonds is 10. The summed E-state index contributed by atoms with van der Waals surface area (Å²) in [4.78, 5) is 11.4. The summed E-state index contributed by atoms with van der Waals surface area (Å²) in [6.45, 7) is 2.99. The number of carbonyl (C=O) groups is 1. The fraction of sp³-hybridized carbons (Fsp3) is 0.300. The number of fused-ring (bicyclic) bond motifs is 2. The van der Waals surface area contributed by atoms with Crippen LogP contribution in [0.2, 0.25) is 0 Å². The Labute approximate surface area is 201 Å². The Morgan fingerprint density at radius 3 is 2.12 bits per heavy atom. The van der Waals surface area contributed by atoms with E-state index in [2.05, 4.69) is 54.6 Å². The standard InChI is InChI=1S/C30H32O4/c1-2-19-34-29(30(31)32)21-22-13-17-25(18-14-22)33-20-7-12-28-26-10-5-3-8-23(26)15-16-24-9-4-6-11-27(24)28/h3-6,8-14,17-18,29H,2,7,15-16,19-21H2,1H3,(H,31,32). The van der Waals surface area contributed by atoms with Crippen LogP contribution in [0.25, 0.3) is 5.57 Å². The lowest BCUT2D eigenvalue weighted by Crippen LogP contribution is -2.26. The number of carboxylic acids is 1. The molecule has 1 aliphatic carbocycles. The minimum atomic E-state index is -0.927. The van der Waals surface area contributed by atoms with Gasteiger partial charge in [0.1, 0.15) is 5.75 Å². The van der Waals surface area contributed by atoms with Crippen LogP contribution < -0.4 is 4.74 Å². The van der Waals surface area contributed by atoms with E-state index < -0.39 is 12.1 Å². The van der Waals surface area contributed by atoms with E-state index in [-0.39, 0.29) is 0 Å². The second-order valence-corrected chi connectivity index (χ2v) is 8.61. The summed E-state index contributed by atoms with van der Waals surface area (Å²) in [7, 11) is 0. The van der Waals surface area contributed by atoms with Gasteiger partial charge in [0.15, 0.2) is 6.10 Å². The Balaban J connectivity index is 1.40. The predicted molar refractivity (Wildman–Crippen MR) is 135 cm³/mol. The normalized spacial score (nSPS) is 13.4. The monoisotopic (exact) mass is 456 g/mol. The van der Waals surface area contributed by atoms with Gasteiger partial charge in [-0.1, -0.05) is 73.7 Å². The van der Waals surface area contributed by atoms with Gasteiger partial charge in [-0.3, -0.25) is 0 Å². The zero-order chi connectivity index (χ0) is 23.8. The van der Waals surface area contributed by atoms with E-state index >= 15 is 0 Å². The fourth-order valence-electron chi connectivity index (χ4n) is 4.43. The van der Waals surface area contributed by atoms with Gasteiger partial charge in [0.2, 0.25) is 0 Å². The van der Waals surface area contributed by atoms with Crippen LogP contribution >= 0.6 is 0 Å². The van der Waals surface area contributed by atoms with Gasteiger partial charge in [-0.05, 0) is 64.8 Å². The second-order valence-electron chi connectivity index (χ2n) is 8.61. The third kappa shape index (κ3) is 5.95. The van der Waals surface area contributed by atoms with Crippen LogP contribution in [0.3, 0.4) is 0 Å². The highest BCUT2D eigenvalue weighted by Gasteiger charge is 2.19. The Morgan fingerprint density at radius 2 is 1.53 bits per heavy atom. The summed E-state index contributed by atoms with van der Waals surface area (Å²) >= 11 is 0. The molecule has 4 heteroatoms. The second kappa shape index (κ2) is 11.7. The van der Waals surface area contributed by atoms with Crippen LogP contribution in [0.1, 0.15) is 47.6 Å². The molecule has 3 aromatic rings. The molecule has 0 amide bonds. The van der Waals surface area contributed by atoms with Crippen molar-refractivity contribution in [3.05, 3.63) is 107 Å². The van der Waals surface area contributed by atoms with Crippen molar-refractivity contribution >= 4 is 11.5 Å². The Bertz CT molecular complexity index is 1080. The first-order chi connectivity index (χ1) is 16.7. The van der Waals surface area contributed by atoms with Gasteiger partial charge >= 0.3 is 5.97 Å². The first kappa shape index (κ1) is 23.8. The van der Waals surface area contributed by atoms with E-state index in [0.29, 0.717) is 19.6 Å². The molecule has 1 atom stereocenters. The highest BCUT2D eigenvalue weighted by molar-refractivity contribution is 5.83. The summed E-state index contributed by atoms with van der Waals surface area (Å²) in [5, 5.41) is 9.35. The minimum absolute atomic E-state index is 0.348. The van der Waals surface area contributed by atoms with Crippen molar-refractivity contribution in [2.45, 2.75) is 45.1 Å². The zero-order valence-electron chi connectivity index (χ0n) is 19.7. The SMILES string of the molecule is CCCOC(Cc1ccc(OCCC=C2c3ccccc3CCc3ccccc32)cc1)C(=O)O. The van der Waals surface area contributed by atoms with Crippen molar-refractivity contribution in [2.24, 2.45) is 0 Å². The van der Waals surface area contributed by atoms with Crippen molar-refractivity contribution in [2.75, 3.05) is 13.2 Å². The van der Waals surface area contributed by atoms with Crippen molar-refractivity contribution in [1.29, 1.82) is 0 Å². The predicted octanol–water partition coefficient (Wildman–Crippen LogP) is 6.11. The molecule has 3 aromatic carbocycles. The summed E-state index contributed by atoms with van der Waals surface area (Å²) < 4.78 is 11.4. The molecule has 0 aliphatic heterocycles. The van der Waals surface area contributed by atoms with Gasteiger partial charge in [0.25, 0.3) is 0 Å². The molecule has 1 aliphatic rings. The first-order valence-electron chi connectivity index (χ1n) is 12.1. The molecule has 0 heterocycles. The van der Waals surface area contributed by atoms with Crippen molar-refractivity contribution in [3.63, 3.8) is 0 Å². The number of ether oxygens (including phenoxy) is 2. The topological polar surface area (TPSA) is 55.8 Å². The molecule has 1 unspecified atom stereocenters. The average Bonchev–Trinajstić information content (AvgIpc) is 3.02. The number of aliphatic carboxylic acids is 1. The van der Waals surface area contributed by atoms with Crippen LogP contribution in [-0.2, 0) is 28.8 Å². The van der Waals surface area contributed by atoms with E-state index in [1.807, 2.05) is 31.2 Å². The maximum absolute atomic E-state index is 11.4. The lowest BCUT2D eigenvalue weighted by Gasteiger charge is -2.14. The van der Waals surface area contributed by atoms with E-state index in [9.17, 15) is 9.90 Å². The van der Waals surface area contributed by atoms with Gasteiger partial charge in [-0.15, -0.1) is 0 Å². The van der Waals surface area contributed by atoms with Crippen LogP contribution in [0.15, 0.2) is 78.9 Å². The van der Waals surface area contributed by atoms with E-state index in [1.165, 1.54) is 27.8 Å². The number of benzene rings is 3. The molecule has 4 nitrogen and oxygen atoms in total. The number of hydrogen-bond acceptors (Lipinski definition) is 3. The van der Waals surface area contributed by atoms with Crippen molar-refractivity contribution in [1.82, 2.24) is 0 Å². The third-order valence-electron chi connectivity index (χ3n) is 6.16. The highest BCUT2D eigenvalue weighted by Crippen LogP contribution is 2.33. The summed E-state index contributed by atoms with van der Waals surface area (Å²) in [6.07, 6.45) is 5.53. The Hall–Kier alpha value is -3.37. The summed E-state index contributed by atoms with van der Waals surface area (Å²) in [6, 6.07) is 25.0. The minimum Gasteiger partial charge on any atom is -0.493 e. The molecule has 34 heavy (non-hydrogen) atoms. The third-order valence-corrected chi connectivity index (χ3v) is 6.16. The van der Waals surface area contributed by atoms with Crippen LogP contribution in [0, 0.1) is 0 Å². The number of hydrogen-bond donors (Lipinski definition) is 1. The van der Waals surface area contributed by atoms with Crippen LogP contribution in [0.4, 0.5) is 0 Å². The molecule has 0 saturated carbocycles. The molecule has 0 bridgehead atoms. The maximum Gasteiger partial charge on any atom is 0.333 e. The van der Waals surface area contributed by atoms with Gasteiger partial charge in [-0.2, -0.15) is 0 Å². The molecule has 0 fully saturated rings. The zero-order valence-corrected chi connectivity index (χ0v) is 19.7. The van der Waals surface area contributed by atoms with Gasteiger partial charge < -0.3 is 14.6 Å². The van der Waals surface area contributed by atoms with Gasteiger partial charge in [0.05, 0.1) is 6.61 Å². The average molecular weight is 457 g/mol. The molecule has 1 N–H and O–H groups in total. The highest BCUT2D eigenvalue weighted by atomic mass is 16.5. The molecule has 0 saturated heterocycles. The van der Waals surface area contributed by atoms with E-state index in [1.54, 1.807) is 0 Å². The van der Waals surface area contributed by atoms with E-state index in [4.69, 9.17) is 9.47 Å². The molecular formula is C30H32O4. The van der Waals surface area contributed by atoms with Gasteiger partial charge in [-0.25, -0.2) is 4.79 Å². The molecule has 0 aromatic heterocycles. The first-order valence-corrected chi connectivity index (χ1v) is 12.1. The quantitative estimate of drug-likeness (QED) is 0.374. The maximum atomic E-state index is 11.4. The largest absolute Gasteiger partial charge is 0.493 e. The molecule has 0 radical (unpaired) electrons. The fourth-order valence-corrected chi connectivity index (χ4v) is 4.43. The lowest BCUT2D eigenvalue weighted by molar-refractivity contribution is -0.150. The Morgan fingerprint density at radius 1 is 0.912 bits per heavy atom. The van der Waals surface area contributed by atoms with Crippen LogP contribution in [0.5, 0.6) is 5.75 Å². The van der Waals surface area contributed by atoms with Gasteiger partial charge in [0, 0.05) is 19.4 Å². The summed E-state index contributed by atoms with van der Waals surface area (Å²) in [5.74, 6) is -0.145. The molecular weight excluding hydrogens is 424 g/mol. The molecule has 4 rings (SSSR count).